The van der Waals surface area contributed by atoms with E-state index in [2.05, 4.69) is 11.9 Å². The van der Waals surface area contributed by atoms with Crippen LogP contribution in [0.2, 0.25) is 5.02 Å². The molecule has 0 radical (unpaired) electrons. The topological polar surface area (TPSA) is 21.7 Å². The molecule has 1 aromatic carbocycles. The molecule has 1 saturated heterocycles. The number of halogens is 1. The van der Waals surface area contributed by atoms with Gasteiger partial charge in [0.1, 0.15) is 5.75 Å². The lowest BCUT2D eigenvalue weighted by Crippen LogP contribution is -2.30. The fourth-order valence-electron chi connectivity index (χ4n) is 2.62. The predicted octanol–water partition coefficient (Wildman–Crippen LogP) is 3.21. The minimum Gasteiger partial charge on any atom is -0.496 e. The Morgan fingerprint density at radius 1 is 1.47 bits per heavy atom. The van der Waals surface area contributed by atoms with Gasteiger partial charge >= 0.3 is 0 Å². The highest BCUT2D eigenvalue weighted by Gasteiger charge is 2.16. The van der Waals surface area contributed by atoms with E-state index >= 15 is 0 Å². The van der Waals surface area contributed by atoms with E-state index in [0.29, 0.717) is 5.92 Å². The average molecular weight is 284 g/mol. The summed E-state index contributed by atoms with van der Waals surface area (Å²) in [4.78, 5) is 2.31. The molecular weight excluding hydrogens is 262 g/mol. The first-order valence-corrected chi connectivity index (χ1v) is 7.15. The summed E-state index contributed by atoms with van der Waals surface area (Å²) >= 11 is 6.06. The van der Waals surface area contributed by atoms with Crippen molar-refractivity contribution in [2.75, 3.05) is 33.9 Å². The first-order valence-electron chi connectivity index (χ1n) is 6.77. The van der Waals surface area contributed by atoms with Crippen molar-refractivity contribution in [3.8, 4) is 5.75 Å². The summed E-state index contributed by atoms with van der Waals surface area (Å²) in [6.45, 7) is 3.70. The van der Waals surface area contributed by atoms with Crippen LogP contribution in [-0.4, -0.2) is 38.8 Å². The van der Waals surface area contributed by atoms with E-state index in [1.165, 1.54) is 12.8 Å². The Bertz CT molecular complexity index is 405. The number of nitrogens with zero attached hydrogens (tertiary/aromatic N) is 1. The van der Waals surface area contributed by atoms with Crippen molar-refractivity contribution in [3.63, 3.8) is 0 Å². The largest absolute Gasteiger partial charge is 0.496 e. The van der Waals surface area contributed by atoms with Gasteiger partial charge in [0.05, 0.1) is 13.7 Å². The number of hydrogen-bond donors (Lipinski definition) is 0. The van der Waals surface area contributed by atoms with Crippen LogP contribution in [0.25, 0.3) is 0 Å². The van der Waals surface area contributed by atoms with E-state index in [1.807, 2.05) is 18.2 Å². The highest BCUT2D eigenvalue weighted by Crippen LogP contribution is 2.24. The molecule has 1 heterocycles. The van der Waals surface area contributed by atoms with Gasteiger partial charge in [0, 0.05) is 30.3 Å². The Balaban J connectivity index is 1.93. The predicted molar refractivity (Wildman–Crippen MR) is 77.9 cm³/mol. The zero-order valence-corrected chi connectivity index (χ0v) is 12.4. The van der Waals surface area contributed by atoms with Gasteiger partial charge < -0.3 is 14.4 Å². The fraction of sp³-hybridized carbons (Fsp3) is 0.600. The van der Waals surface area contributed by atoms with Crippen molar-refractivity contribution in [1.29, 1.82) is 0 Å². The van der Waals surface area contributed by atoms with Gasteiger partial charge in [-0.05, 0) is 44.0 Å². The zero-order chi connectivity index (χ0) is 13.7. The minimum absolute atomic E-state index is 0.643. The lowest BCUT2D eigenvalue weighted by molar-refractivity contribution is 0.0411. The number of ether oxygens (including phenoxy) is 2. The van der Waals surface area contributed by atoms with Crippen LogP contribution in [0.4, 0.5) is 0 Å². The van der Waals surface area contributed by atoms with E-state index in [-0.39, 0.29) is 0 Å². The summed E-state index contributed by atoms with van der Waals surface area (Å²) in [6.07, 6.45) is 2.44. The Kier molecular flexibility index (Phi) is 5.49. The quantitative estimate of drug-likeness (QED) is 0.828. The average Bonchev–Trinajstić information content (AvgIpc) is 2.40. The molecule has 1 aromatic rings. The maximum absolute atomic E-state index is 6.06. The summed E-state index contributed by atoms with van der Waals surface area (Å²) < 4.78 is 10.9. The number of rotatable bonds is 5. The molecule has 0 N–H and O–H groups in total. The Morgan fingerprint density at radius 3 is 3.00 bits per heavy atom. The van der Waals surface area contributed by atoms with Gasteiger partial charge in [-0.15, -0.1) is 0 Å². The molecular formula is C15H22ClNO2. The number of methoxy groups -OCH3 is 1. The van der Waals surface area contributed by atoms with E-state index in [9.17, 15) is 0 Å². The number of hydrogen-bond acceptors (Lipinski definition) is 3. The van der Waals surface area contributed by atoms with Crippen LogP contribution in [0.5, 0.6) is 5.75 Å². The molecule has 0 bridgehead atoms. The van der Waals surface area contributed by atoms with Crippen LogP contribution in [-0.2, 0) is 11.3 Å². The molecule has 1 aliphatic heterocycles. The Labute approximate surface area is 120 Å². The van der Waals surface area contributed by atoms with E-state index in [0.717, 1.165) is 42.6 Å². The summed E-state index contributed by atoms with van der Waals surface area (Å²) in [6, 6.07) is 5.77. The third-order valence-corrected chi connectivity index (χ3v) is 3.74. The smallest absolute Gasteiger partial charge is 0.123 e. The molecule has 1 aliphatic rings. The van der Waals surface area contributed by atoms with Gasteiger partial charge in [0.2, 0.25) is 0 Å². The van der Waals surface area contributed by atoms with Gasteiger partial charge in [-0.25, -0.2) is 0 Å². The van der Waals surface area contributed by atoms with Gasteiger partial charge in [0.15, 0.2) is 0 Å². The van der Waals surface area contributed by atoms with Crippen molar-refractivity contribution in [2.45, 2.75) is 19.4 Å². The molecule has 0 saturated carbocycles. The molecule has 0 unspecified atom stereocenters. The van der Waals surface area contributed by atoms with Crippen molar-refractivity contribution in [2.24, 2.45) is 5.92 Å². The van der Waals surface area contributed by atoms with Crippen LogP contribution < -0.4 is 4.74 Å². The molecule has 3 nitrogen and oxygen atoms in total. The zero-order valence-electron chi connectivity index (χ0n) is 11.7. The molecule has 4 heteroatoms. The van der Waals surface area contributed by atoms with Crippen LogP contribution in [0.1, 0.15) is 18.4 Å². The molecule has 2 rings (SSSR count). The molecule has 1 atom stereocenters. The summed E-state index contributed by atoms with van der Waals surface area (Å²) in [5.41, 5.74) is 1.13. The van der Waals surface area contributed by atoms with Crippen molar-refractivity contribution in [3.05, 3.63) is 28.8 Å². The van der Waals surface area contributed by atoms with Gasteiger partial charge in [0.25, 0.3) is 0 Å². The molecule has 106 valence electrons. The monoisotopic (exact) mass is 283 g/mol. The van der Waals surface area contributed by atoms with Crippen LogP contribution in [0.3, 0.4) is 0 Å². The summed E-state index contributed by atoms with van der Waals surface area (Å²) in [7, 11) is 3.83. The standard InChI is InChI=1S/C15H22ClNO2/c1-17(9-12-4-3-7-19-11-12)10-13-8-14(16)5-6-15(13)18-2/h5-6,8,12H,3-4,7,9-11H2,1-2H3/t12-/m0/s1. The number of benzene rings is 1. The third kappa shape index (κ3) is 4.37. The molecule has 0 spiro atoms. The van der Waals surface area contributed by atoms with Crippen molar-refractivity contribution in [1.82, 2.24) is 4.90 Å². The van der Waals surface area contributed by atoms with Gasteiger partial charge in [-0.1, -0.05) is 11.6 Å². The normalized spacial score (nSPS) is 19.7. The van der Waals surface area contributed by atoms with E-state index < -0.39 is 0 Å². The van der Waals surface area contributed by atoms with E-state index in [4.69, 9.17) is 21.1 Å². The summed E-state index contributed by atoms with van der Waals surface area (Å²) in [5.74, 6) is 1.54. The van der Waals surface area contributed by atoms with Gasteiger partial charge in [-0.2, -0.15) is 0 Å². The van der Waals surface area contributed by atoms with E-state index in [1.54, 1.807) is 7.11 Å². The maximum atomic E-state index is 6.06. The maximum Gasteiger partial charge on any atom is 0.123 e. The first-order chi connectivity index (χ1) is 9.19. The molecule has 0 aromatic heterocycles. The Morgan fingerprint density at radius 2 is 2.32 bits per heavy atom. The molecule has 0 amide bonds. The lowest BCUT2D eigenvalue weighted by atomic mass is 10.0. The van der Waals surface area contributed by atoms with Gasteiger partial charge in [-0.3, -0.25) is 0 Å². The second kappa shape index (κ2) is 7.13. The Hall–Kier alpha value is -0.770. The van der Waals surface area contributed by atoms with Crippen LogP contribution in [0, 0.1) is 5.92 Å². The minimum atomic E-state index is 0.643. The second-order valence-corrected chi connectivity index (χ2v) is 5.67. The lowest BCUT2D eigenvalue weighted by Gasteiger charge is -2.27. The molecule has 1 fully saturated rings. The second-order valence-electron chi connectivity index (χ2n) is 5.24. The van der Waals surface area contributed by atoms with Crippen molar-refractivity contribution < 1.29 is 9.47 Å². The SMILES string of the molecule is COc1ccc(Cl)cc1CN(C)C[C@@H]1CCCOC1. The third-order valence-electron chi connectivity index (χ3n) is 3.51. The molecule has 0 aliphatic carbocycles. The summed E-state index contributed by atoms with van der Waals surface area (Å²) in [5, 5.41) is 0.755. The highest BCUT2D eigenvalue weighted by atomic mass is 35.5. The fourth-order valence-corrected chi connectivity index (χ4v) is 2.81. The molecule has 19 heavy (non-hydrogen) atoms. The first kappa shape index (κ1) is 14.6. The van der Waals surface area contributed by atoms with Crippen molar-refractivity contribution >= 4 is 11.6 Å². The van der Waals surface area contributed by atoms with Crippen LogP contribution in [0.15, 0.2) is 18.2 Å². The highest BCUT2D eigenvalue weighted by molar-refractivity contribution is 6.30. The van der Waals surface area contributed by atoms with Crippen LogP contribution >= 0.6 is 11.6 Å².